The van der Waals surface area contributed by atoms with Crippen LogP contribution in [0, 0.1) is 5.92 Å². The summed E-state index contributed by atoms with van der Waals surface area (Å²) < 4.78 is 0. The zero-order valence-corrected chi connectivity index (χ0v) is 12.6. The topological polar surface area (TPSA) is 78.4 Å². The fourth-order valence-electron chi connectivity index (χ4n) is 2.01. The molecule has 3 N–H and O–H groups in total. The van der Waals surface area contributed by atoms with E-state index in [-0.39, 0.29) is 5.92 Å². The van der Waals surface area contributed by atoms with Crippen molar-refractivity contribution in [3.63, 3.8) is 0 Å². The molecule has 116 valence electrons. The van der Waals surface area contributed by atoms with Crippen molar-refractivity contribution in [2.24, 2.45) is 5.92 Å². The molecule has 2 amide bonds. The molecule has 21 heavy (non-hydrogen) atoms. The van der Waals surface area contributed by atoms with E-state index in [1.807, 2.05) is 44.2 Å². The van der Waals surface area contributed by atoms with Gasteiger partial charge in [-0.25, -0.2) is 9.59 Å². The van der Waals surface area contributed by atoms with Crippen molar-refractivity contribution in [1.29, 1.82) is 0 Å². The number of nitrogens with one attached hydrogen (secondary N) is 2. The summed E-state index contributed by atoms with van der Waals surface area (Å²) in [6.45, 7) is 4.24. The Balaban J connectivity index is 2.28. The Labute approximate surface area is 125 Å². The second kappa shape index (κ2) is 9.00. The summed E-state index contributed by atoms with van der Waals surface area (Å²) in [6.07, 6.45) is 2.40. The Hall–Kier alpha value is -2.04. The molecule has 1 rings (SSSR count). The van der Waals surface area contributed by atoms with Crippen molar-refractivity contribution in [2.45, 2.75) is 39.2 Å². The third-order valence-corrected chi connectivity index (χ3v) is 3.54. The van der Waals surface area contributed by atoms with E-state index in [1.54, 1.807) is 0 Å². The van der Waals surface area contributed by atoms with E-state index in [9.17, 15) is 9.59 Å². The van der Waals surface area contributed by atoms with Gasteiger partial charge in [-0.2, -0.15) is 0 Å². The highest BCUT2D eigenvalue weighted by Crippen LogP contribution is 2.07. The number of urea groups is 1. The normalized spacial score (nSPS) is 13.2. The maximum Gasteiger partial charge on any atom is 0.326 e. The smallest absolute Gasteiger partial charge is 0.326 e. The molecule has 0 spiro atoms. The monoisotopic (exact) mass is 292 g/mol. The Bertz CT molecular complexity index is 448. The van der Waals surface area contributed by atoms with Crippen LogP contribution in [0.3, 0.4) is 0 Å². The molecule has 0 aromatic heterocycles. The average molecular weight is 292 g/mol. The highest BCUT2D eigenvalue weighted by Gasteiger charge is 2.24. The van der Waals surface area contributed by atoms with E-state index in [2.05, 4.69) is 10.6 Å². The Morgan fingerprint density at radius 2 is 1.90 bits per heavy atom. The third kappa shape index (κ3) is 6.29. The molecule has 5 nitrogen and oxygen atoms in total. The van der Waals surface area contributed by atoms with Crippen LogP contribution in [0.2, 0.25) is 0 Å². The van der Waals surface area contributed by atoms with Gasteiger partial charge in [0.2, 0.25) is 0 Å². The summed E-state index contributed by atoms with van der Waals surface area (Å²) >= 11 is 0. The molecule has 0 bridgehead atoms. The molecule has 2 atom stereocenters. The fourth-order valence-corrected chi connectivity index (χ4v) is 2.01. The van der Waals surface area contributed by atoms with Crippen LogP contribution >= 0.6 is 0 Å². The minimum Gasteiger partial charge on any atom is -0.480 e. The van der Waals surface area contributed by atoms with E-state index < -0.39 is 18.0 Å². The predicted octanol–water partition coefficient (Wildman–Crippen LogP) is 2.42. The number of aliphatic carboxylic acids is 1. The molecular formula is C16H24N2O3. The van der Waals surface area contributed by atoms with Gasteiger partial charge >= 0.3 is 12.0 Å². The first kappa shape index (κ1) is 17.0. The van der Waals surface area contributed by atoms with Crippen LogP contribution in [0.1, 0.15) is 32.3 Å². The maximum atomic E-state index is 11.7. The molecule has 0 saturated heterocycles. The Kier molecular flexibility index (Phi) is 7.29. The zero-order chi connectivity index (χ0) is 15.7. The number of rotatable bonds is 8. The van der Waals surface area contributed by atoms with Gasteiger partial charge in [0, 0.05) is 6.54 Å². The number of amides is 2. The van der Waals surface area contributed by atoms with Crippen LogP contribution in [0.4, 0.5) is 4.79 Å². The van der Waals surface area contributed by atoms with Crippen molar-refractivity contribution >= 4 is 12.0 Å². The first-order chi connectivity index (χ1) is 10.0. The fraction of sp³-hybridized carbons (Fsp3) is 0.500. The molecule has 0 heterocycles. The molecule has 5 heteroatoms. The van der Waals surface area contributed by atoms with Crippen LogP contribution < -0.4 is 10.6 Å². The molecule has 0 radical (unpaired) electrons. The summed E-state index contributed by atoms with van der Waals surface area (Å²) in [6, 6.07) is 8.76. The summed E-state index contributed by atoms with van der Waals surface area (Å²) in [5.41, 5.74) is 1.22. The number of carbonyl (C=O) groups is 2. The molecule has 0 aliphatic carbocycles. The van der Waals surface area contributed by atoms with Crippen LogP contribution in [-0.4, -0.2) is 29.7 Å². The average Bonchev–Trinajstić information content (AvgIpc) is 2.49. The number of benzene rings is 1. The minimum atomic E-state index is -0.996. The van der Waals surface area contributed by atoms with E-state index in [1.165, 1.54) is 5.56 Å². The van der Waals surface area contributed by atoms with Gasteiger partial charge in [0.25, 0.3) is 0 Å². The quantitative estimate of drug-likeness (QED) is 0.644. The van der Waals surface area contributed by atoms with Crippen molar-refractivity contribution in [3.8, 4) is 0 Å². The molecule has 0 fully saturated rings. The van der Waals surface area contributed by atoms with Gasteiger partial charge in [-0.1, -0.05) is 50.6 Å². The van der Waals surface area contributed by atoms with Crippen LogP contribution in [0.15, 0.2) is 30.3 Å². The second-order valence-electron chi connectivity index (χ2n) is 5.19. The first-order valence-electron chi connectivity index (χ1n) is 7.35. The van der Waals surface area contributed by atoms with Crippen molar-refractivity contribution < 1.29 is 14.7 Å². The van der Waals surface area contributed by atoms with Crippen molar-refractivity contribution in [2.75, 3.05) is 6.54 Å². The summed E-state index contributed by atoms with van der Waals surface area (Å²) in [5.74, 6) is -1.10. The summed E-state index contributed by atoms with van der Waals surface area (Å²) in [5, 5.41) is 14.3. The second-order valence-corrected chi connectivity index (χ2v) is 5.19. The molecular weight excluding hydrogens is 268 g/mol. The van der Waals surface area contributed by atoms with Gasteiger partial charge in [0.1, 0.15) is 6.04 Å². The number of hydrogen-bond acceptors (Lipinski definition) is 2. The number of aryl methyl sites for hydroxylation is 1. The van der Waals surface area contributed by atoms with Gasteiger partial charge < -0.3 is 15.7 Å². The largest absolute Gasteiger partial charge is 0.480 e. The molecule has 0 aliphatic rings. The highest BCUT2D eigenvalue weighted by atomic mass is 16.4. The molecule has 1 aromatic rings. The van der Waals surface area contributed by atoms with Crippen molar-refractivity contribution in [1.82, 2.24) is 10.6 Å². The van der Waals surface area contributed by atoms with Gasteiger partial charge in [0.15, 0.2) is 0 Å². The third-order valence-electron chi connectivity index (χ3n) is 3.54. The maximum absolute atomic E-state index is 11.7. The number of hydrogen-bond donors (Lipinski definition) is 3. The Morgan fingerprint density at radius 1 is 1.24 bits per heavy atom. The lowest BCUT2D eigenvalue weighted by Gasteiger charge is -2.20. The highest BCUT2D eigenvalue weighted by molar-refractivity contribution is 5.82. The van der Waals surface area contributed by atoms with Crippen LogP contribution in [0.25, 0.3) is 0 Å². The first-order valence-corrected chi connectivity index (χ1v) is 7.35. The molecule has 1 aromatic carbocycles. The zero-order valence-electron chi connectivity index (χ0n) is 12.6. The van der Waals surface area contributed by atoms with Gasteiger partial charge in [-0.05, 0) is 24.3 Å². The molecule has 0 aliphatic heterocycles. The number of carbonyl (C=O) groups excluding carboxylic acids is 1. The van der Waals surface area contributed by atoms with Gasteiger partial charge in [-0.3, -0.25) is 0 Å². The number of carboxylic acid groups (broad SMARTS) is 1. The van der Waals surface area contributed by atoms with Crippen molar-refractivity contribution in [3.05, 3.63) is 35.9 Å². The van der Waals surface area contributed by atoms with E-state index in [0.29, 0.717) is 13.0 Å². The SMILES string of the molecule is CCC(C)C(NC(=O)NCCCc1ccccc1)C(=O)O. The van der Waals surface area contributed by atoms with Gasteiger partial charge in [0.05, 0.1) is 0 Å². The molecule has 2 unspecified atom stereocenters. The predicted molar refractivity (Wildman–Crippen MR) is 82.2 cm³/mol. The molecule has 0 saturated carbocycles. The lowest BCUT2D eigenvalue weighted by atomic mass is 9.99. The van der Waals surface area contributed by atoms with E-state index >= 15 is 0 Å². The lowest BCUT2D eigenvalue weighted by molar-refractivity contribution is -0.140. The summed E-state index contributed by atoms with van der Waals surface area (Å²) in [4.78, 5) is 22.8. The van der Waals surface area contributed by atoms with E-state index in [0.717, 1.165) is 12.8 Å². The van der Waals surface area contributed by atoms with E-state index in [4.69, 9.17) is 5.11 Å². The van der Waals surface area contributed by atoms with Crippen LogP contribution in [0.5, 0.6) is 0 Å². The summed E-state index contributed by atoms with van der Waals surface area (Å²) in [7, 11) is 0. The number of carboxylic acids is 1. The van der Waals surface area contributed by atoms with Crippen LogP contribution in [-0.2, 0) is 11.2 Å². The minimum absolute atomic E-state index is 0.0995. The van der Waals surface area contributed by atoms with Gasteiger partial charge in [-0.15, -0.1) is 0 Å². The Morgan fingerprint density at radius 3 is 2.48 bits per heavy atom. The lowest BCUT2D eigenvalue weighted by Crippen LogP contribution is -2.49. The standard InChI is InChI=1S/C16H24N2O3/c1-3-12(2)14(15(19)20)18-16(21)17-11-7-10-13-8-5-4-6-9-13/h4-6,8-9,12,14H,3,7,10-11H2,1-2H3,(H,19,20)(H2,17,18,21).